The second-order valence-electron chi connectivity index (χ2n) is 4.97. The molecule has 0 amide bonds. The fourth-order valence-electron chi connectivity index (χ4n) is 2.07. The predicted molar refractivity (Wildman–Crippen MR) is 69.7 cm³/mol. The molecule has 1 heterocycles. The zero-order chi connectivity index (χ0) is 13.9. The number of hydrogen-bond donors (Lipinski definition) is 1. The highest BCUT2D eigenvalue weighted by Gasteiger charge is 2.32. The second kappa shape index (κ2) is 5.64. The Morgan fingerprint density at radius 2 is 2.21 bits per heavy atom. The zero-order valence-corrected chi connectivity index (χ0v) is 11.1. The number of rotatable bonds is 5. The Labute approximate surface area is 111 Å². The van der Waals surface area contributed by atoms with Crippen LogP contribution in [0.1, 0.15) is 19.4 Å². The minimum absolute atomic E-state index is 0.0160. The molecule has 104 valence electrons. The quantitative estimate of drug-likeness (QED) is 0.650. The Hall–Kier alpha value is -1.50. The molecule has 1 saturated heterocycles. The van der Waals surface area contributed by atoms with Crippen molar-refractivity contribution >= 4 is 5.69 Å². The maximum Gasteiger partial charge on any atom is 0.273 e. The lowest BCUT2D eigenvalue weighted by Crippen LogP contribution is -2.30. The molecule has 6 heteroatoms. The zero-order valence-electron chi connectivity index (χ0n) is 11.1. The van der Waals surface area contributed by atoms with Crippen LogP contribution in [0, 0.1) is 10.1 Å². The molecule has 0 spiro atoms. The van der Waals surface area contributed by atoms with Crippen LogP contribution in [0.15, 0.2) is 24.3 Å². The monoisotopic (exact) mass is 266 g/mol. The summed E-state index contributed by atoms with van der Waals surface area (Å²) in [5.74, 6) is -0.537. The largest absolute Gasteiger partial charge is 0.348 e. The smallest absolute Gasteiger partial charge is 0.273 e. The average Bonchev–Trinajstić information content (AvgIpc) is 2.69. The van der Waals surface area contributed by atoms with Crippen molar-refractivity contribution in [1.29, 1.82) is 0 Å². The first-order chi connectivity index (χ1) is 8.98. The summed E-state index contributed by atoms with van der Waals surface area (Å²) in [7, 11) is 0. The van der Waals surface area contributed by atoms with Crippen molar-refractivity contribution in [1.82, 2.24) is 5.32 Å². The number of nitrogens with zero attached hydrogens (tertiary/aromatic N) is 1. The Morgan fingerprint density at radius 1 is 1.47 bits per heavy atom. The van der Waals surface area contributed by atoms with Gasteiger partial charge in [0.05, 0.1) is 17.6 Å². The number of benzene rings is 1. The van der Waals surface area contributed by atoms with E-state index < -0.39 is 5.79 Å². The summed E-state index contributed by atoms with van der Waals surface area (Å²) in [4.78, 5) is 10.5. The fraction of sp³-hybridized carbons (Fsp3) is 0.538. The normalized spacial score (nSPS) is 21.5. The molecule has 1 aromatic rings. The Morgan fingerprint density at radius 3 is 2.84 bits per heavy atom. The summed E-state index contributed by atoms with van der Waals surface area (Å²) in [6.45, 7) is 5.33. The van der Waals surface area contributed by atoms with Gasteiger partial charge in [0.1, 0.15) is 0 Å². The molecule has 0 radical (unpaired) electrons. The summed E-state index contributed by atoms with van der Waals surface area (Å²) >= 11 is 0. The van der Waals surface area contributed by atoms with E-state index in [0.29, 0.717) is 25.3 Å². The summed E-state index contributed by atoms with van der Waals surface area (Å²) in [6.07, 6.45) is -0.0160. The molecule has 0 saturated carbocycles. The summed E-state index contributed by atoms with van der Waals surface area (Å²) < 4.78 is 11.1. The summed E-state index contributed by atoms with van der Waals surface area (Å²) in [5.41, 5.74) is 0.810. The van der Waals surface area contributed by atoms with Crippen molar-refractivity contribution in [3.05, 3.63) is 39.9 Å². The minimum Gasteiger partial charge on any atom is -0.348 e. The molecule has 1 unspecified atom stereocenters. The lowest BCUT2D eigenvalue weighted by molar-refractivity contribution is -0.385. The van der Waals surface area contributed by atoms with Crippen molar-refractivity contribution < 1.29 is 14.4 Å². The molecule has 19 heavy (non-hydrogen) atoms. The van der Waals surface area contributed by atoms with Crippen molar-refractivity contribution in [2.45, 2.75) is 32.3 Å². The molecule has 1 atom stereocenters. The second-order valence-corrected chi connectivity index (χ2v) is 4.97. The summed E-state index contributed by atoms with van der Waals surface area (Å²) in [6, 6.07) is 6.72. The third kappa shape index (κ3) is 3.73. The van der Waals surface area contributed by atoms with Crippen LogP contribution in [0.3, 0.4) is 0 Å². The Bertz CT molecular complexity index is 462. The van der Waals surface area contributed by atoms with Crippen LogP contribution < -0.4 is 5.32 Å². The molecule has 1 N–H and O–H groups in total. The Balaban J connectivity index is 1.85. The third-order valence-corrected chi connectivity index (χ3v) is 2.94. The fourth-order valence-corrected chi connectivity index (χ4v) is 2.07. The van der Waals surface area contributed by atoms with Gasteiger partial charge in [-0.25, -0.2) is 0 Å². The van der Waals surface area contributed by atoms with Crippen LogP contribution in [0.5, 0.6) is 0 Å². The average molecular weight is 266 g/mol. The molecule has 1 aliphatic rings. The molecule has 2 rings (SSSR count). The van der Waals surface area contributed by atoms with Gasteiger partial charge in [-0.1, -0.05) is 18.2 Å². The summed E-state index contributed by atoms with van der Waals surface area (Å²) in [5, 5.41) is 14.0. The number of ether oxygens (including phenoxy) is 2. The topological polar surface area (TPSA) is 73.6 Å². The predicted octanol–water partition coefficient (Wildman–Crippen LogP) is 1.84. The minimum atomic E-state index is -0.537. The SMILES string of the molecule is CC1(C)OCC(CNCc2ccccc2[N+](=O)[O-])O1. The van der Waals surface area contributed by atoms with Crippen LogP contribution in [0.2, 0.25) is 0 Å². The maximum absolute atomic E-state index is 10.9. The van der Waals surface area contributed by atoms with Crippen LogP contribution in [-0.2, 0) is 16.0 Å². The lowest BCUT2D eigenvalue weighted by atomic mass is 10.2. The van der Waals surface area contributed by atoms with E-state index in [2.05, 4.69) is 5.32 Å². The first-order valence-corrected chi connectivity index (χ1v) is 6.23. The van der Waals surface area contributed by atoms with E-state index in [0.717, 1.165) is 0 Å². The molecule has 0 aliphatic carbocycles. The van der Waals surface area contributed by atoms with E-state index in [1.54, 1.807) is 18.2 Å². The van der Waals surface area contributed by atoms with Crippen LogP contribution in [0.4, 0.5) is 5.69 Å². The van der Waals surface area contributed by atoms with Crippen molar-refractivity contribution in [2.75, 3.05) is 13.2 Å². The molecule has 0 aromatic heterocycles. The number of nitrogens with one attached hydrogen (secondary N) is 1. The van der Waals surface area contributed by atoms with E-state index in [1.165, 1.54) is 6.07 Å². The van der Waals surface area contributed by atoms with Gasteiger partial charge in [-0.05, 0) is 13.8 Å². The van der Waals surface area contributed by atoms with Gasteiger partial charge in [0.15, 0.2) is 5.79 Å². The number of nitro groups is 1. The number of nitro benzene ring substituents is 1. The van der Waals surface area contributed by atoms with E-state index in [1.807, 2.05) is 13.8 Å². The first kappa shape index (κ1) is 13.9. The molecule has 1 aromatic carbocycles. The van der Waals surface area contributed by atoms with Gasteiger partial charge in [0.2, 0.25) is 0 Å². The molecule has 0 bridgehead atoms. The van der Waals surface area contributed by atoms with Gasteiger partial charge in [-0.2, -0.15) is 0 Å². The highest BCUT2D eigenvalue weighted by Crippen LogP contribution is 2.22. The van der Waals surface area contributed by atoms with Crippen molar-refractivity contribution in [2.24, 2.45) is 0 Å². The van der Waals surface area contributed by atoms with Crippen LogP contribution >= 0.6 is 0 Å². The van der Waals surface area contributed by atoms with Crippen molar-refractivity contribution in [3.8, 4) is 0 Å². The van der Waals surface area contributed by atoms with Crippen LogP contribution in [-0.4, -0.2) is 30.0 Å². The highest BCUT2D eigenvalue weighted by molar-refractivity contribution is 5.39. The standard InChI is InChI=1S/C13H18N2O4/c1-13(2)18-9-11(19-13)8-14-7-10-5-3-4-6-12(10)15(16)17/h3-6,11,14H,7-9H2,1-2H3. The van der Waals surface area contributed by atoms with Gasteiger partial charge < -0.3 is 14.8 Å². The van der Waals surface area contributed by atoms with Gasteiger partial charge >= 0.3 is 0 Å². The lowest BCUT2D eigenvalue weighted by Gasteiger charge is -2.17. The van der Waals surface area contributed by atoms with Gasteiger partial charge in [0, 0.05) is 24.7 Å². The highest BCUT2D eigenvalue weighted by atomic mass is 16.7. The third-order valence-electron chi connectivity index (χ3n) is 2.94. The number of hydrogen-bond acceptors (Lipinski definition) is 5. The van der Waals surface area contributed by atoms with E-state index in [4.69, 9.17) is 9.47 Å². The molecular formula is C13H18N2O4. The van der Waals surface area contributed by atoms with E-state index in [9.17, 15) is 10.1 Å². The van der Waals surface area contributed by atoms with Crippen LogP contribution in [0.25, 0.3) is 0 Å². The van der Waals surface area contributed by atoms with E-state index >= 15 is 0 Å². The van der Waals surface area contributed by atoms with Gasteiger partial charge in [-0.15, -0.1) is 0 Å². The Kier molecular flexibility index (Phi) is 4.14. The molecule has 1 fully saturated rings. The van der Waals surface area contributed by atoms with Gasteiger partial charge in [0.25, 0.3) is 5.69 Å². The maximum atomic E-state index is 10.9. The van der Waals surface area contributed by atoms with Crippen molar-refractivity contribution in [3.63, 3.8) is 0 Å². The van der Waals surface area contributed by atoms with Gasteiger partial charge in [-0.3, -0.25) is 10.1 Å². The molecule has 6 nitrogen and oxygen atoms in total. The van der Waals surface area contributed by atoms with E-state index in [-0.39, 0.29) is 16.7 Å². The first-order valence-electron chi connectivity index (χ1n) is 6.23. The molecular weight excluding hydrogens is 248 g/mol. The number of para-hydroxylation sites is 1. The molecule has 1 aliphatic heterocycles.